The summed E-state index contributed by atoms with van der Waals surface area (Å²) in [6.07, 6.45) is 2.86. The molecule has 0 aliphatic carbocycles. The Balaban J connectivity index is 2.46. The van der Waals surface area contributed by atoms with Gasteiger partial charge in [-0.2, -0.15) is 4.91 Å². The Kier molecular flexibility index (Phi) is 6.10. The van der Waals surface area contributed by atoms with Crippen molar-refractivity contribution in [3.63, 3.8) is 0 Å². The van der Waals surface area contributed by atoms with E-state index >= 15 is 0 Å². The molecule has 132 valence electrons. The average Bonchev–Trinajstić information content (AvgIpc) is 2.54. The maximum absolute atomic E-state index is 12.7. The number of aryl methyl sites for hydroxylation is 1. The molecule has 0 fully saturated rings. The van der Waals surface area contributed by atoms with Crippen LogP contribution >= 0.6 is 0 Å². The van der Waals surface area contributed by atoms with E-state index in [1.807, 2.05) is 4.90 Å². The zero-order valence-electron chi connectivity index (χ0n) is 15.2. The molecule has 24 heavy (non-hydrogen) atoms. The number of carbonyl (C=O) groups is 1. The number of hydrogen-bond donors (Lipinski definition) is 0. The summed E-state index contributed by atoms with van der Waals surface area (Å²) in [7, 11) is 1.67. The molecule has 0 bridgehead atoms. The largest absolute Gasteiger partial charge is 0.385 e. The second-order valence-electron chi connectivity index (χ2n) is 7.05. The number of anilines is 1. The summed E-state index contributed by atoms with van der Waals surface area (Å²) in [6.45, 7) is 7.94. The van der Waals surface area contributed by atoms with E-state index in [1.54, 1.807) is 7.11 Å². The fraction of sp³-hybridized carbons (Fsp3) is 0.632. The molecule has 1 aromatic carbocycles. The highest BCUT2D eigenvalue weighted by Gasteiger charge is 2.37. The van der Waals surface area contributed by atoms with E-state index in [9.17, 15) is 9.70 Å². The maximum atomic E-state index is 12.7. The Morgan fingerprint density at radius 1 is 1.29 bits per heavy atom. The van der Waals surface area contributed by atoms with Crippen LogP contribution in [0.25, 0.3) is 0 Å². The zero-order chi connectivity index (χ0) is 17.7. The molecule has 0 saturated heterocycles. The average molecular weight is 332 g/mol. The molecule has 1 heterocycles. The number of rotatable bonds is 8. The SMILES string of the molecule is CCc1cc2c(cc1CCN=O)N(CCCOC)C(=O)CC2(C)C. The summed E-state index contributed by atoms with van der Waals surface area (Å²) in [4.78, 5) is 25.1. The lowest BCUT2D eigenvalue weighted by atomic mass is 9.75. The predicted molar refractivity (Wildman–Crippen MR) is 96.7 cm³/mol. The van der Waals surface area contributed by atoms with Gasteiger partial charge >= 0.3 is 0 Å². The molecule has 0 radical (unpaired) electrons. The molecule has 0 aromatic heterocycles. The van der Waals surface area contributed by atoms with Crippen LogP contribution in [0.4, 0.5) is 5.69 Å². The summed E-state index contributed by atoms with van der Waals surface area (Å²) in [5.74, 6) is 0.160. The second-order valence-corrected chi connectivity index (χ2v) is 7.05. The van der Waals surface area contributed by atoms with Crippen molar-refractivity contribution in [1.29, 1.82) is 0 Å². The van der Waals surface area contributed by atoms with Gasteiger partial charge in [0.25, 0.3) is 0 Å². The van der Waals surface area contributed by atoms with Gasteiger partial charge in [-0.25, -0.2) is 0 Å². The van der Waals surface area contributed by atoms with Gasteiger partial charge in [-0.15, -0.1) is 0 Å². The van der Waals surface area contributed by atoms with Crippen LogP contribution in [0.5, 0.6) is 0 Å². The summed E-state index contributed by atoms with van der Waals surface area (Å²) < 4.78 is 5.13. The third kappa shape index (κ3) is 3.83. The van der Waals surface area contributed by atoms with Gasteiger partial charge in [0.15, 0.2) is 0 Å². The molecule has 2 rings (SSSR count). The number of nitrogens with zero attached hydrogens (tertiary/aromatic N) is 2. The van der Waals surface area contributed by atoms with E-state index in [2.05, 4.69) is 38.1 Å². The third-order valence-electron chi connectivity index (χ3n) is 4.82. The monoisotopic (exact) mass is 332 g/mol. The van der Waals surface area contributed by atoms with Gasteiger partial charge in [-0.3, -0.25) is 4.79 Å². The zero-order valence-corrected chi connectivity index (χ0v) is 15.2. The molecule has 5 nitrogen and oxygen atoms in total. The van der Waals surface area contributed by atoms with Crippen molar-refractivity contribution in [3.05, 3.63) is 33.7 Å². The minimum absolute atomic E-state index is 0.160. The highest BCUT2D eigenvalue weighted by atomic mass is 16.5. The van der Waals surface area contributed by atoms with Crippen LogP contribution in [0, 0.1) is 4.91 Å². The predicted octanol–water partition coefficient (Wildman–Crippen LogP) is 3.61. The summed E-state index contributed by atoms with van der Waals surface area (Å²) in [6, 6.07) is 4.33. The van der Waals surface area contributed by atoms with Crippen LogP contribution in [0.15, 0.2) is 17.3 Å². The molecule has 5 heteroatoms. The van der Waals surface area contributed by atoms with E-state index in [0.29, 0.717) is 26.0 Å². The lowest BCUT2D eigenvalue weighted by Gasteiger charge is -2.39. The Bertz CT molecular complexity index is 611. The van der Waals surface area contributed by atoms with Crippen LogP contribution in [0.3, 0.4) is 0 Å². The fourth-order valence-corrected chi connectivity index (χ4v) is 3.48. The second kappa shape index (κ2) is 7.88. The first-order chi connectivity index (χ1) is 11.4. The molecular weight excluding hydrogens is 304 g/mol. The van der Waals surface area contributed by atoms with E-state index in [0.717, 1.165) is 24.1 Å². The lowest BCUT2D eigenvalue weighted by molar-refractivity contribution is -0.120. The first kappa shape index (κ1) is 18.6. The van der Waals surface area contributed by atoms with Crippen LogP contribution in [0.1, 0.15) is 50.3 Å². The third-order valence-corrected chi connectivity index (χ3v) is 4.82. The number of methoxy groups -OCH3 is 1. The van der Waals surface area contributed by atoms with Crippen LogP contribution in [0.2, 0.25) is 0 Å². The van der Waals surface area contributed by atoms with Crippen molar-refractivity contribution in [2.75, 3.05) is 31.7 Å². The molecule has 0 N–H and O–H groups in total. The van der Waals surface area contributed by atoms with E-state index in [1.165, 1.54) is 11.1 Å². The lowest BCUT2D eigenvalue weighted by Crippen LogP contribution is -2.43. The van der Waals surface area contributed by atoms with E-state index < -0.39 is 0 Å². The van der Waals surface area contributed by atoms with Gasteiger partial charge in [-0.1, -0.05) is 32.0 Å². The van der Waals surface area contributed by atoms with E-state index in [4.69, 9.17) is 4.74 Å². The topological polar surface area (TPSA) is 59.0 Å². The smallest absolute Gasteiger partial charge is 0.227 e. The molecule has 1 aliphatic heterocycles. The standard InChI is InChI=1S/C19H28N2O3/c1-5-14-11-16-17(12-15(14)7-8-20-23)21(9-6-10-24-4)18(22)13-19(16,2)3/h11-12H,5-10,13H2,1-4H3. The van der Waals surface area contributed by atoms with Crippen LogP contribution in [-0.4, -0.2) is 32.7 Å². The number of ether oxygens (including phenoxy) is 1. The fourth-order valence-electron chi connectivity index (χ4n) is 3.48. The molecular formula is C19H28N2O3. The number of fused-ring (bicyclic) bond motifs is 1. The Labute approximate surface area is 144 Å². The Morgan fingerprint density at radius 2 is 2.04 bits per heavy atom. The van der Waals surface area contributed by atoms with Gasteiger partial charge in [-0.05, 0) is 42.0 Å². The van der Waals surface area contributed by atoms with Crippen molar-refractivity contribution in [3.8, 4) is 0 Å². The minimum Gasteiger partial charge on any atom is -0.385 e. The first-order valence-electron chi connectivity index (χ1n) is 8.69. The van der Waals surface area contributed by atoms with Gasteiger partial charge < -0.3 is 9.64 Å². The number of nitroso groups, excluding NO2 is 1. The summed E-state index contributed by atoms with van der Waals surface area (Å²) >= 11 is 0. The molecule has 1 aromatic rings. The van der Waals surface area contributed by atoms with Gasteiger partial charge in [0.2, 0.25) is 5.91 Å². The highest BCUT2D eigenvalue weighted by molar-refractivity contribution is 5.98. The molecule has 0 atom stereocenters. The molecule has 0 saturated carbocycles. The van der Waals surface area contributed by atoms with Crippen molar-refractivity contribution >= 4 is 11.6 Å². The number of carbonyl (C=O) groups excluding carboxylic acids is 1. The number of benzene rings is 1. The van der Waals surface area contributed by atoms with Crippen molar-refractivity contribution < 1.29 is 9.53 Å². The van der Waals surface area contributed by atoms with Crippen molar-refractivity contribution in [2.45, 2.75) is 51.9 Å². The quantitative estimate of drug-likeness (QED) is 0.540. The Morgan fingerprint density at radius 3 is 2.67 bits per heavy atom. The van der Waals surface area contributed by atoms with Gasteiger partial charge in [0.05, 0.1) is 6.54 Å². The van der Waals surface area contributed by atoms with Gasteiger partial charge in [0, 0.05) is 37.8 Å². The normalized spacial score (nSPS) is 16.2. The van der Waals surface area contributed by atoms with Crippen LogP contribution in [-0.2, 0) is 27.8 Å². The Hall–Kier alpha value is -1.75. The minimum atomic E-state index is -0.171. The molecule has 0 spiro atoms. The molecule has 0 unspecified atom stereocenters. The molecule has 1 aliphatic rings. The highest BCUT2D eigenvalue weighted by Crippen LogP contribution is 2.42. The maximum Gasteiger partial charge on any atom is 0.227 e. The first-order valence-corrected chi connectivity index (χ1v) is 8.69. The van der Waals surface area contributed by atoms with Crippen molar-refractivity contribution in [1.82, 2.24) is 0 Å². The van der Waals surface area contributed by atoms with Crippen LogP contribution < -0.4 is 4.90 Å². The number of amides is 1. The number of hydrogen-bond acceptors (Lipinski definition) is 4. The van der Waals surface area contributed by atoms with Gasteiger partial charge in [0.1, 0.15) is 0 Å². The summed E-state index contributed by atoms with van der Waals surface area (Å²) in [5.41, 5.74) is 4.41. The van der Waals surface area contributed by atoms with E-state index in [-0.39, 0.29) is 17.9 Å². The summed E-state index contributed by atoms with van der Waals surface area (Å²) in [5, 5.41) is 2.99. The molecule has 1 amide bonds. The van der Waals surface area contributed by atoms with Crippen molar-refractivity contribution in [2.24, 2.45) is 5.18 Å².